The molecule has 0 aliphatic carbocycles. The summed E-state index contributed by atoms with van der Waals surface area (Å²) in [6, 6.07) is 4.95. The van der Waals surface area contributed by atoms with Crippen molar-refractivity contribution < 1.29 is 13.5 Å². The Morgan fingerprint density at radius 3 is 2.77 bits per heavy atom. The molecule has 22 heavy (non-hydrogen) atoms. The predicted octanol–water partition coefficient (Wildman–Crippen LogP) is 2.79. The first-order chi connectivity index (χ1) is 9.97. The van der Waals surface area contributed by atoms with Crippen LogP contribution in [0.2, 0.25) is 0 Å². The largest absolute Gasteiger partial charge is 0.472 e. The summed E-state index contributed by atoms with van der Waals surface area (Å²) in [5.74, 6) is 1.10. The van der Waals surface area contributed by atoms with E-state index in [1.807, 2.05) is 0 Å². The van der Waals surface area contributed by atoms with Crippen LogP contribution in [0.25, 0.3) is 0 Å². The van der Waals surface area contributed by atoms with Crippen LogP contribution in [0.4, 0.5) is 8.78 Å². The quantitative estimate of drug-likeness (QED) is 0.380. The van der Waals surface area contributed by atoms with Crippen LogP contribution in [0.3, 0.4) is 0 Å². The molecule has 0 spiro atoms. The van der Waals surface area contributed by atoms with Crippen LogP contribution in [0.15, 0.2) is 23.2 Å². The van der Waals surface area contributed by atoms with Crippen molar-refractivity contribution in [2.45, 2.75) is 33.2 Å². The summed E-state index contributed by atoms with van der Waals surface area (Å²) in [6.45, 7) is 4.62. The fourth-order valence-corrected chi connectivity index (χ4v) is 1.49. The lowest BCUT2D eigenvalue weighted by Crippen LogP contribution is -2.32. The number of rotatable bonds is 8. The topological polar surface area (TPSA) is 72.5 Å². The average Bonchev–Trinajstić information content (AvgIpc) is 2.43. The van der Waals surface area contributed by atoms with Crippen LogP contribution in [-0.2, 0) is 6.54 Å². The van der Waals surface area contributed by atoms with E-state index < -0.39 is 13.0 Å². The number of pyridine rings is 1. The van der Waals surface area contributed by atoms with Crippen molar-refractivity contribution in [3.8, 4) is 5.88 Å². The Labute approximate surface area is 146 Å². The molecule has 3 N–H and O–H groups in total. The van der Waals surface area contributed by atoms with Crippen LogP contribution < -0.4 is 15.8 Å². The first-order valence-corrected chi connectivity index (χ1v) is 6.88. The maximum Gasteiger partial charge on any atom is 0.272 e. The number of aliphatic imine (C=N–C) groups is 1. The van der Waals surface area contributed by atoms with Gasteiger partial charge in [0.15, 0.2) is 12.6 Å². The molecule has 126 valence electrons. The van der Waals surface area contributed by atoms with Crippen molar-refractivity contribution in [3.05, 3.63) is 23.9 Å². The second-order valence-electron chi connectivity index (χ2n) is 4.98. The zero-order chi connectivity index (χ0) is 15.7. The zero-order valence-corrected chi connectivity index (χ0v) is 15.1. The Morgan fingerprint density at radius 2 is 2.14 bits per heavy atom. The van der Waals surface area contributed by atoms with E-state index in [0.717, 1.165) is 13.0 Å². The number of nitrogens with zero attached hydrogens (tertiary/aromatic N) is 2. The fourth-order valence-electron chi connectivity index (χ4n) is 1.49. The SMILES string of the molecule is CC(C)CCNC(N)=NCc1cccc(OCC(F)F)n1.I. The number of nitrogens with one attached hydrogen (secondary N) is 1. The van der Waals surface area contributed by atoms with E-state index in [0.29, 0.717) is 17.6 Å². The Kier molecular flexibility index (Phi) is 10.8. The highest BCUT2D eigenvalue weighted by Crippen LogP contribution is 2.09. The second kappa shape index (κ2) is 11.4. The van der Waals surface area contributed by atoms with Crippen molar-refractivity contribution in [1.29, 1.82) is 0 Å². The van der Waals surface area contributed by atoms with E-state index in [9.17, 15) is 8.78 Å². The van der Waals surface area contributed by atoms with Crippen LogP contribution in [0, 0.1) is 5.92 Å². The van der Waals surface area contributed by atoms with Gasteiger partial charge in [0.1, 0.15) is 0 Å². The molecular weight excluding hydrogens is 405 g/mol. The van der Waals surface area contributed by atoms with Gasteiger partial charge < -0.3 is 15.8 Å². The summed E-state index contributed by atoms with van der Waals surface area (Å²) >= 11 is 0. The number of nitrogens with two attached hydrogens (primary N) is 1. The van der Waals surface area contributed by atoms with Crippen LogP contribution >= 0.6 is 24.0 Å². The van der Waals surface area contributed by atoms with Gasteiger partial charge in [-0.15, -0.1) is 24.0 Å². The summed E-state index contributed by atoms with van der Waals surface area (Å²) in [5.41, 5.74) is 6.33. The number of alkyl halides is 2. The van der Waals surface area contributed by atoms with E-state index in [-0.39, 0.29) is 36.4 Å². The van der Waals surface area contributed by atoms with Gasteiger partial charge in [-0.2, -0.15) is 0 Å². The maximum absolute atomic E-state index is 12.1. The van der Waals surface area contributed by atoms with E-state index in [2.05, 4.69) is 29.1 Å². The van der Waals surface area contributed by atoms with Gasteiger partial charge in [0.25, 0.3) is 6.43 Å². The molecule has 0 saturated heterocycles. The normalized spacial score (nSPS) is 11.5. The van der Waals surface area contributed by atoms with Crippen molar-refractivity contribution in [2.75, 3.05) is 13.2 Å². The molecule has 0 aliphatic heterocycles. The third kappa shape index (κ3) is 9.69. The summed E-state index contributed by atoms with van der Waals surface area (Å²) in [7, 11) is 0. The molecule has 0 amide bonds. The summed E-state index contributed by atoms with van der Waals surface area (Å²) in [4.78, 5) is 8.22. The molecule has 0 aromatic carbocycles. The Bertz CT molecular complexity index is 458. The van der Waals surface area contributed by atoms with Gasteiger partial charge in [-0.1, -0.05) is 19.9 Å². The molecule has 0 atom stereocenters. The van der Waals surface area contributed by atoms with Crippen molar-refractivity contribution >= 4 is 29.9 Å². The van der Waals surface area contributed by atoms with Crippen molar-refractivity contribution in [3.63, 3.8) is 0 Å². The number of hydrogen-bond donors (Lipinski definition) is 2. The van der Waals surface area contributed by atoms with E-state index in [1.54, 1.807) is 12.1 Å². The van der Waals surface area contributed by atoms with E-state index >= 15 is 0 Å². The number of hydrogen-bond acceptors (Lipinski definition) is 3. The van der Waals surface area contributed by atoms with Gasteiger partial charge in [-0.05, 0) is 18.4 Å². The summed E-state index contributed by atoms with van der Waals surface area (Å²) in [5, 5.41) is 3.01. The number of aromatic nitrogens is 1. The molecule has 1 rings (SSSR count). The average molecular weight is 428 g/mol. The highest BCUT2D eigenvalue weighted by molar-refractivity contribution is 14.0. The van der Waals surface area contributed by atoms with Crippen molar-refractivity contribution in [2.24, 2.45) is 16.6 Å². The molecule has 8 heteroatoms. The van der Waals surface area contributed by atoms with Gasteiger partial charge in [-0.25, -0.2) is 18.8 Å². The second-order valence-corrected chi connectivity index (χ2v) is 4.98. The molecule has 0 unspecified atom stereocenters. The maximum atomic E-state index is 12.1. The lowest BCUT2D eigenvalue weighted by atomic mass is 10.1. The monoisotopic (exact) mass is 428 g/mol. The van der Waals surface area contributed by atoms with Gasteiger partial charge in [0.05, 0.1) is 12.2 Å². The molecule has 1 aromatic rings. The molecule has 1 aromatic heterocycles. The number of halogens is 3. The third-order valence-electron chi connectivity index (χ3n) is 2.58. The van der Waals surface area contributed by atoms with E-state index in [1.165, 1.54) is 6.07 Å². The number of guanidine groups is 1. The van der Waals surface area contributed by atoms with Crippen LogP contribution in [0.1, 0.15) is 26.0 Å². The Hall–Kier alpha value is -1.19. The number of ether oxygens (including phenoxy) is 1. The first kappa shape index (κ1) is 20.8. The molecule has 0 radical (unpaired) electrons. The summed E-state index contributed by atoms with van der Waals surface area (Å²) in [6.07, 6.45) is -1.51. The third-order valence-corrected chi connectivity index (χ3v) is 2.58. The molecule has 1 heterocycles. The highest BCUT2D eigenvalue weighted by Gasteiger charge is 2.05. The molecule has 0 bridgehead atoms. The highest BCUT2D eigenvalue weighted by atomic mass is 127. The van der Waals surface area contributed by atoms with Crippen LogP contribution in [-0.4, -0.2) is 30.5 Å². The first-order valence-electron chi connectivity index (χ1n) is 6.88. The van der Waals surface area contributed by atoms with Gasteiger partial charge in [-0.3, -0.25) is 0 Å². The smallest absolute Gasteiger partial charge is 0.272 e. The van der Waals surface area contributed by atoms with Gasteiger partial charge in [0, 0.05) is 12.6 Å². The predicted molar refractivity (Wildman–Crippen MR) is 93.9 cm³/mol. The molecule has 0 fully saturated rings. The molecular formula is C14H23F2IN4O. The minimum absolute atomic E-state index is 0. The van der Waals surface area contributed by atoms with Gasteiger partial charge in [0.2, 0.25) is 5.88 Å². The van der Waals surface area contributed by atoms with E-state index in [4.69, 9.17) is 10.5 Å². The standard InChI is InChI=1S/C14H22F2N4O.HI/c1-10(2)6-7-18-14(17)19-8-11-4-3-5-13(20-11)21-9-12(15)16;/h3-5,10,12H,6-9H2,1-2H3,(H3,17,18,19);1H. The Balaban J connectivity index is 0.00000441. The molecule has 0 aliphatic rings. The minimum Gasteiger partial charge on any atom is -0.472 e. The minimum atomic E-state index is -2.52. The lowest BCUT2D eigenvalue weighted by Gasteiger charge is -2.08. The lowest BCUT2D eigenvalue weighted by molar-refractivity contribution is 0.0795. The van der Waals surface area contributed by atoms with Crippen molar-refractivity contribution in [1.82, 2.24) is 10.3 Å². The zero-order valence-electron chi connectivity index (χ0n) is 12.8. The van der Waals surface area contributed by atoms with Crippen LogP contribution in [0.5, 0.6) is 5.88 Å². The summed E-state index contributed by atoms with van der Waals surface area (Å²) < 4.78 is 29.0. The Morgan fingerprint density at radius 1 is 1.41 bits per heavy atom. The van der Waals surface area contributed by atoms with Gasteiger partial charge >= 0.3 is 0 Å². The molecule has 5 nitrogen and oxygen atoms in total. The molecule has 0 saturated carbocycles. The fraction of sp³-hybridized carbons (Fsp3) is 0.571.